The van der Waals surface area contributed by atoms with E-state index in [1.165, 1.54) is 36.8 Å². The lowest BCUT2D eigenvalue weighted by Gasteiger charge is -2.23. The van der Waals surface area contributed by atoms with Crippen LogP contribution in [0.3, 0.4) is 0 Å². The molecule has 0 aromatic heterocycles. The molecule has 96 valence electrons. The summed E-state index contributed by atoms with van der Waals surface area (Å²) in [6.45, 7) is 2.18. The molecular weight excluding hydrogens is 240 g/mol. The Hall–Kier alpha value is -0.960. The maximum Gasteiger partial charge on any atom is 0.157 e. The molecule has 0 amide bonds. The van der Waals surface area contributed by atoms with E-state index in [9.17, 15) is 0 Å². The Morgan fingerprint density at radius 2 is 2.11 bits per heavy atom. The number of hydrogen-bond donors (Lipinski definition) is 1. The van der Waals surface area contributed by atoms with Gasteiger partial charge in [-0.05, 0) is 30.9 Å². The number of aryl methyl sites for hydroxylation is 1. The average Bonchev–Trinajstić information content (AvgIpc) is 2.80. The maximum atomic E-state index is 4.82. The largest absolute Gasteiger partial charge is 0.360 e. The minimum atomic E-state index is 0.554. The minimum Gasteiger partial charge on any atom is -0.360 e. The molecule has 3 rings (SSSR count). The van der Waals surface area contributed by atoms with Crippen LogP contribution < -0.4 is 5.32 Å². The number of amidine groups is 1. The summed E-state index contributed by atoms with van der Waals surface area (Å²) in [6.07, 6.45) is 5.27. The van der Waals surface area contributed by atoms with Gasteiger partial charge in [0.05, 0.1) is 12.1 Å². The Morgan fingerprint density at radius 1 is 1.28 bits per heavy atom. The van der Waals surface area contributed by atoms with Crippen LogP contribution in [0.2, 0.25) is 0 Å². The molecule has 1 saturated carbocycles. The van der Waals surface area contributed by atoms with Gasteiger partial charge in [-0.3, -0.25) is 4.99 Å². The van der Waals surface area contributed by atoms with Gasteiger partial charge in [-0.1, -0.05) is 48.9 Å². The summed E-state index contributed by atoms with van der Waals surface area (Å²) in [6, 6.07) is 9.79. The van der Waals surface area contributed by atoms with E-state index >= 15 is 0 Å². The van der Waals surface area contributed by atoms with Crippen LogP contribution in [0.25, 0.3) is 0 Å². The number of thioether (sulfide) groups is 1. The second-order valence-electron chi connectivity index (χ2n) is 5.25. The van der Waals surface area contributed by atoms with Crippen molar-refractivity contribution in [3.05, 3.63) is 35.4 Å². The van der Waals surface area contributed by atoms with Crippen molar-refractivity contribution in [1.29, 1.82) is 0 Å². The highest BCUT2D eigenvalue weighted by molar-refractivity contribution is 8.13. The zero-order chi connectivity index (χ0) is 12.4. The van der Waals surface area contributed by atoms with Crippen molar-refractivity contribution in [3.63, 3.8) is 0 Å². The van der Waals surface area contributed by atoms with Gasteiger partial charge in [0.1, 0.15) is 0 Å². The molecule has 1 aromatic rings. The second-order valence-corrected chi connectivity index (χ2v) is 6.22. The molecule has 0 bridgehead atoms. The van der Waals surface area contributed by atoms with Gasteiger partial charge in [-0.25, -0.2) is 0 Å². The van der Waals surface area contributed by atoms with Gasteiger partial charge in [0, 0.05) is 5.75 Å². The van der Waals surface area contributed by atoms with E-state index in [2.05, 4.69) is 36.5 Å². The number of fused-ring (bicyclic) bond motifs is 1. The fourth-order valence-electron chi connectivity index (χ4n) is 2.78. The highest BCUT2D eigenvalue weighted by Crippen LogP contribution is 2.28. The number of benzene rings is 1. The first-order valence-electron chi connectivity index (χ1n) is 6.84. The first-order valence-corrected chi connectivity index (χ1v) is 7.83. The Balaban J connectivity index is 1.60. The molecule has 1 aliphatic carbocycles. The molecule has 0 spiro atoms. The van der Waals surface area contributed by atoms with Crippen LogP contribution in [0, 0.1) is 6.92 Å². The Morgan fingerprint density at radius 3 is 2.94 bits per heavy atom. The molecule has 2 nitrogen and oxygen atoms in total. The Labute approximate surface area is 113 Å². The molecule has 1 aromatic carbocycles. The Kier molecular flexibility index (Phi) is 3.59. The second kappa shape index (κ2) is 5.35. The van der Waals surface area contributed by atoms with Gasteiger partial charge in [0.25, 0.3) is 0 Å². The van der Waals surface area contributed by atoms with Gasteiger partial charge < -0.3 is 5.32 Å². The third kappa shape index (κ3) is 2.56. The lowest BCUT2D eigenvalue weighted by molar-refractivity contribution is 0.385. The lowest BCUT2D eigenvalue weighted by Crippen LogP contribution is -2.36. The monoisotopic (exact) mass is 260 g/mol. The minimum absolute atomic E-state index is 0.554. The first-order chi connectivity index (χ1) is 8.83. The normalized spacial score (nSPS) is 26.4. The number of aliphatic imine (C=N–C) groups is 1. The van der Waals surface area contributed by atoms with E-state index in [1.54, 1.807) is 0 Å². The maximum absolute atomic E-state index is 4.82. The van der Waals surface area contributed by atoms with Crippen molar-refractivity contribution in [2.45, 2.75) is 50.4 Å². The van der Waals surface area contributed by atoms with E-state index in [0.29, 0.717) is 12.1 Å². The zero-order valence-electron chi connectivity index (χ0n) is 10.9. The van der Waals surface area contributed by atoms with Crippen molar-refractivity contribution in [3.8, 4) is 0 Å². The predicted molar refractivity (Wildman–Crippen MR) is 79.1 cm³/mol. The Bertz CT molecular complexity index is 456. The van der Waals surface area contributed by atoms with E-state index in [4.69, 9.17) is 4.99 Å². The van der Waals surface area contributed by atoms with Crippen LogP contribution in [0.15, 0.2) is 29.3 Å². The molecule has 0 radical (unpaired) electrons. The van der Waals surface area contributed by atoms with Crippen LogP contribution in [0.4, 0.5) is 0 Å². The molecule has 1 aliphatic heterocycles. The first kappa shape index (κ1) is 12.1. The van der Waals surface area contributed by atoms with Crippen molar-refractivity contribution < 1.29 is 0 Å². The summed E-state index contributed by atoms with van der Waals surface area (Å²) in [7, 11) is 0. The number of nitrogens with one attached hydrogen (secondary N) is 1. The molecule has 2 atom stereocenters. The molecule has 0 unspecified atom stereocenters. The smallest absolute Gasteiger partial charge is 0.157 e. The van der Waals surface area contributed by atoms with Crippen LogP contribution in [-0.4, -0.2) is 17.3 Å². The highest BCUT2D eigenvalue weighted by Gasteiger charge is 2.30. The zero-order valence-corrected chi connectivity index (χ0v) is 11.7. The molecule has 1 heterocycles. The van der Waals surface area contributed by atoms with Crippen LogP contribution >= 0.6 is 11.8 Å². The van der Waals surface area contributed by atoms with E-state index in [-0.39, 0.29) is 0 Å². The average molecular weight is 260 g/mol. The third-order valence-corrected chi connectivity index (χ3v) is 4.90. The van der Waals surface area contributed by atoms with Crippen molar-refractivity contribution in [1.82, 2.24) is 5.32 Å². The van der Waals surface area contributed by atoms with Gasteiger partial charge >= 0.3 is 0 Å². The quantitative estimate of drug-likeness (QED) is 0.880. The van der Waals surface area contributed by atoms with Gasteiger partial charge in [0.15, 0.2) is 5.17 Å². The lowest BCUT2D eigenvalue weighted by atomic mass is 9.92. The number of nitrogens with zero attached hydrogens (tertiary/aromatic N) is 1. The molecule has 1 N–H and O–H groups in total. The summed E-state index contributed by atoms with van der Waals surface area (Å²) in [5.41, 5.74) is 2.79. The molecule has 18 heavy (non-hydrogen) atoms. The van der Waals surface area contributed by atoms with Crippen LogP contribution in [0.1, 0.15) is 36.8 Å². The van der Waals surface area contributed by atoms with Crippen LogP contribution in [-0.2, 0) is 5.75 Å². The van der Waals surface area contributed by atoms with E-state index in [1.807, 2.05) is 11.8 Å². The summed E-state index contributed by atoms with van der Waals surface area (Å²) < 4.78 is 0. The van der Waals surface area contributed by atoms with Crippen molar-refractivity contribution in [2.75, 3.05) is 0 Å². The summed E-state index contributed by atoms with van der Waals surface area (Å²) >= 11 is 1.86. The standard InChI is InChI=1S/C15H20N2S/c1-11-6-2-3-7-12(11)10-18-15-16-13-8-4-5-9-14(13)17-15/h2-3,6-7,13-14H,4-5,8-10H2,1H3,(H,16,17)/t13-,14-/m1/s1. The van der Waals surface area contributed by atoms with E-state index < -0.39 is 0 Å². The van der Waals surface area contributed by atoms with Crippen molar-refractivity contribution in [2.24, 2.45) is 4.99 Å². The molecule has 2 aliphatic rings. The van der Waals surface area contributed by atoms with Gasteiger partial charge in [-0.2, -0.15) is 0 Å². The summed E-state index contributed by atoms with van der Waals surface area (Å²) in [5, 5.41) is 4.76. The molecule has 0 saturated heterocycles. The molecule has 1 fully saturated rings. The number of hydrogen-bond acceptors (Lipinski definition) is 3. The molecular formula is C15H20N2S. The predicted octanol–water partition coefficient (Wildman–Crippen LogP) is 3.50. The summed E-state index contributed by atoms with van der Waals surface area (Å²) in [4.78, 5) is 4.82. The topological polar surface area (TPSA) is 24.4 Å². The number of rotatable bonds is 2. The van der Waals surface area contributed by atoms with Gasteiger partial charge in [0.2, 0.25) is 0 Å². The van der Waals surface area contributed by atoms with Crippen LogP contribution in [0.5, 0.6) is 0 Å². The van der Waals surface area contributed by atoms with Crippen molar-refractivity contribution >= 4 is 16.9 Å². The fourth-order valence-corrected chi connectivity index (χ4v) is 3.84. The fraction of sp³-hybridized carbons (Fsp3) is 0.533. The highest BCUT2D eigenvalue weighted by atomic mass is 32.2. The molecule has 3 heteroatoms. The SMILES string of the molecule is Cc1ccccc1CSC1=N[C@@H]2CCCC[C@H]2N1. The van der Waals surface area contributed by atoms with Gasteiger partial charge in [-0.15, -0.1) is 0 Å². The third-order valence-electron chi connectivity index (χ3n) is 3.95. The summed E-state index contributed by atoms with van der Waals surface area (Å²) in [5.74, 6) is 1.03. The van der Waals surface area contributed by atoms with E-state index in [0.717, 1.165) is 10.9 Å².